The van der Waals surface area contributed by atoms with Gasteiger partial charge in [0.15, 0.2) is 0 Å². The van der Waals surface area contributed by atoms with Gasteiger partial charge in [0.2, 0.25) is 5.95 Å². The monoisotopic (exact) mass is 332 g/mol. The first-order valence-electron chi connectivity index (χ1n) is 6.79. The molecule has 0 radical (unpaired) electrons. The van der Waals surface area contributed by atoms with E-state index in [9.17, 15) is 0 Å². The van der Waals surface area contributed by atoms with Crippen molar-refractivity contribution in [2.75, 3.05) is 24.5 Å². The van der Waals surface area contributed by atoms with Gasteiger partial charge in [-0.25, -0.2) is 9.97 Å². The molecule has 1 N–H and O–H groups in total. The molecule has 0 amide bonds. The van der Waals surface area contributed by atoms with Crippen molar-refractivity contribution < 1.29 is 0 Å². The number of hydrogen-bond acceptors (Lipinski definition) is 4. The minimum absolute atomic E-state index is 0.483. The van der Waals surface area contributed by atoms with Crippen molar-refractivity contribution in [3.05, 3.63) is 41.1 Å². The molecule has 1 saturated heterocycles. The molecule has 0 saturated carbocycles. The minimum Gasteiger partial charge on any atom is -0.338 e. The second kappa shape index (κ2) is 5.89. The van der Waals surface area contributed by atoms with E-state index in [1.54, 1.807) is 0 Å². The third-order valence-corrected chi connectivity index (χ3v) is 3.94. The summed E-state index contributed by atoms with van der Waals surface area (Å²) >= 11 is 3.49. The lowest BCUT2D eigenvalue weighted by molar-refractivity contribution is 0.479. The molecule has 0 bridgehead atoms. The van der Waals surface area contributed by atoms with Gasteiger partial charge in [-0.3, -0.25) is 0 Å². The van der Waals surface area contributed by atoms with Crippen molar-refractivity contribution >= 4 is 21.9 Å². The zero-order chi connectivity index (χ0) is 13.9. The van der Waals surface area contributed by atoms with E-state index in [4.69, 9.17) is 0 Å². The third kappa shape index (κ3) is 2.99. The summed E-state index contributed by atoms with van der Waals surface area (Å²) in [5.41, 5.74) is 2.16. The van der Waals surface area contributed by atoms with Crippen LogP contribution in [0.3, 0.4) is 0 Å². The van der Waals surface area contributed by atoms with Crippen LogP contribution in [0.25, 0.3) is 11.1 Å². The Kier molecular flexibility index (Phi) is 3.98. The molecule has 1 atom stereocenters. The molecule has 1 aromatic heterocycles. The van der Waals surface area contributed by atoms with Crippen molar-refractivity contribution in [2.45, 2.75) is 13.0 Å². The highest BCUT2D eigenvalue weighted by atomic mass is 79.9. The number of rotatable bonds is 2. The maximum Gasteiger partial charge on any atom is 0.225 e. The summed E-state index contributed by atoms with van der Waals surface area (Å²) in [7, 11) is 0. The summed E-state index contributed by atoms with van der Waals surface area (Å²) in [6.45, 7) is 5.08. The number of aromatic nitrogens is 2. The van der Waals surface area contributed by atoms with Crippen LogP contribution in [0.5, 0.6) is 0 Å². The van der Waals surface area contributed by atoms with E-state index in [1.165, 1.54) is 0 Å². The molecule has 1 fully saturated rings. The second-order valence-electron chi connectivity index (χ2n) is 5.08. The van der Waals surface area contributed by atoms with Crippen LogP contribution in [0.15, 0.2) is 41.1 Å². The summed E-state index contributed by atoms with van der Waals surface area (Å²) in [6, 6.07) is 8.66. The Morgan fingerprint density at radius 1 is 1.25 bits per heavy atom. The Labute approximate surface area is 127 Å². The summed E-state index contributed by atoms with van der Waals surface area (Å²) in [6.07, 6.45) is 3.80. The number of piperazine rings is 1. The first-order valence-corrected chi connectivity index (χ1v) is 7.58. The van der Waals surface area contributed by atoms with Crippen LogP contribution in [0.2, 0.25) is 0 Å². The van der Waals surface area contributed by atoms with Gasteiger partial charge in [0, 0.05) is 48.1 Å². The number of nitrogens with one attached hydrogen (secondary N) is 1. The summed E-state index contributed by atoms with van der Waals surface area (Å²) in [4.78, 5) is 11.3. The van der Waals surface area contributed by atoms with E-state index >= 15 is 0 Å². The number of hydrogen-bond donors (Lipinski definition) is 1. The lowest BCUT2D eigenvalue weighted by Gasteiger charge is -2.31. The van der Waals surface area contributed by atoms with Gasteiger partial charge in [-0.15, -0.1) is 0 Å². The molecule has 3 rings (SSSR count). The van der Waals surface area contributed by atoms with Gasteiger partial charge in [-0.1, -0.05) is 28.1 Å². The highest BCUT2D eigenvalue weighted by molar-refractivity contribution is 9.10. The molecular formula is C15H17BrN4. The average molecular weight is 333 g/mol. The molecule has 4 nitrogen and oxygen atoms in total. The minimum atomic E-state index is 0.483. The molecule has 1 aliphatic heterocycles. The number of halogens is 1. The Hall–Kier alpha value is -1.46. The molecule has 2 aromatic rings. The van der Waals surface area contributed by atoms with Crippen molar-refractivity contribution in [1.82, 2.24) is 15.3 Å². The molecule has 20 heavy (non-hydrogen) atoms. The van der Waals surface area contributed by atoms with E-state index in [-0.39, 0.29) is 0 Å². The molecule has 5 heteroatoms. The van der Waals surface area contributed by atoms with E-state index < -0.39 is 0 Å². The van der Waals surface area contributed by atoms with Gasteiger partial charge in [0.05, 0.1) is 0 Å². The highest BCUT2D eigenvalue weighted by Crippen LogP contribution is 2.22. The smallest absolute Gasteiger partial charge is 0.225 e. The quantitative estimate of drug-likeness (QED) is 0.918. The normalized spacial score (nSPS) is 19.1. The SMILES string of the molecule is CC1CN(c2ncc(-c3cccc(Br)c3)cn2)CCN1. The molecular weight excluding hydrogens is 316 g/mol. The van der Waals surface area contributed by atoms with E-state index in [0.717, 1.165) is 41.2 Å². The van der Waals surface area contributed by atoms with Crippen LogP contribution in [0.1, 0.15) is 6.92 Å². The van der Waals surface area contributed by atoms with E-state index in [2.05, 4.69) is 55.2 Å². The van der Waals surface area contributed by atoms with Crippen LogP contribution in [0.4, 0.5) is 5.95 Å². The lowest BCUT2D eigenvalue weighted by Crippen LogP contribution is -2.49. The van der Waals surface area contributed by atoms with E-state index in [1.807, 2.05) is 24.5 Å². The van der Waals surface area contributed by atoms with E-state index in [0.29, 0.717) is 6.04 Å². The number of nitrogens with zero attached hydrogens (tertiary/aromatic N) is 3. The van der Waals surface area contributed by atoms with Gasteiger partial charge in [-0.2, -0.15) is 0 Å². The molecule has 1 unspecified atom stereocenters. The predicted octanol–water partition coefficient (Wildman–Crippen LogP) is 2.70. The molecule has 1 aromatic carbocycles. The van der Waals surface area contributed by atoms with Crippen molar-refractivity contribution in [1.29, 1.82) is 0 Å². The lowest BCUT2D eigenvalue weighted by atomic mass is 10.1. The standard InChI is InChI=1S/C15H17BrN4/c1-11-10-20(6-5-17-11)15-18-8-13(9-19-15)12-3-2-4-14(16)7-12/h2-4,7-9,11,17H,5-6,10H2,1H3. The third-order valence-electron chi connectivity index (χ3n) is 3.45. The maximum atomic E-state index is 4.51. The summed E-state index contributed by atoms with van der Waals surface area (Å²) < 4.78 is 1.06. The Morgan fingerprint density at radius 3 is 2.75 bits per heavy atom. The molecule has 0 aliphatic carbocycles. The van der Waals surface area contributed by atoms with Gasteiger partial charge < -0.3 is 10.2 Å². The van der Waals surface area contributed by atoms with Crippen molar-refractivity contribution in [3.8, 4) is 11.1 Å². The molecule has 104 valence electrons. The zero-order valence-corrected chi connectivity index (χ0v) is 13.0. The maximum absolute atomic E-state index is 4.51. The first-order chi connectivity index (χ1) is 9.72. The molecule has 2 heterocycles. The zero-order valence-electron chi connectivity index (χ0n) is 11.4. The van der Waals surface area contributed by atoms with Gasteiger partial charge in [-0.05, 0) is 24.6 Å². The Bertz CT molecular complexity index is 585. The van der Waals surface area contributed by atoms with Crippen LogP contribution in [-0.2, 0) is 0 Å². The fraction of sp³-hybridized carbons (Fsp3) is 0.333. The molecule has 1 aliphatic rings. The van der Waals surface area contributed by atoms with Gasteiger partial charge >= 0.3 is 0 Å². The highest BCUT2D eigenvalue weighted by Gasteiger charge is 2.17. The first kappa shape index (κ1) is 13.5. The number of anilines is 1. The van der Waals surface area contributed by atoms with Crippen LogP contribution in [-0.4, -0.2) is 35.6 Å². The topological polar surface area (TPSA) is 41.1 Å². The fourth-order valence-electron chi connectivity index (χ4n) is 2.42. The van der Waals surface area contributed by atoms with Crippen LogP contribution >= 0.6 is 15.9 Å². The van der Waals surface area contributed by atoms with Crippen molar-refractivity contribution in [2.24, 2.45) is 0 Å². The predicted molar refractivity (Wildman–Crippen MR) is 84.8 cm³/mol. The Balaban J connectivity index is 1.80. The van der Waals surface area contributed by atoms with Crippen LogP contribution in [0, 0.1) is 0 Å². The largest absolute Gasteiger partial charge is 0.338 e. The Morgan fingerprint density at radius 2 is 2.05 bits per heavy atom. The van der Waals surface area contributed by atoms with Crippen LogP contribution < -0.4 is 10.2 Å². The van der Waals surface area contributed by atoms with Gasteiger partial charge in [0.1, 0.15) is 0 Å². The average Bonchev–Trinajstić information content (AvgIpc) is 2.47. The molecule has 0 spiro atoms. The van der Waals surface area contributed by atoms with Crippen molar-refractivity contribution in [3.63, 3.8) is 0 Å². The van der Waals surface area contributed by atoms with Gasteiger partial charge in [0.25, 0.3) is 0 Å². The number of benzene rings is 1. The summed E-state index contributed by atoms with van der Waals surface area (Å²) in [5.74, 6) is 0.817. The fourth-order valence-corrected chi connectivity index (χ4v) is 2.81. The second-order valence-corrected chi connectivity index (χ2v) is 6.00. The summed E-state index contributed by atoms with van der Waals surface area (Å²) in [5, 5.41) is 3.42.